The van der Waals surface area contributed by atoms with Crippen LogP contribution in [0.2, 0.25) is 18.1 Å². The van der Waals surface area contributed by atoms with Crippen LogP contribution in [0.25, 0.3) is 10.4 Å². The van der Waals surface area contributed by atoms with Crippen LogP contribution >= 0.6 is 0 Å². The SMILES string of the molecule is CC(C)(C)[Si](C)(C)OC[C@@H](N=[N+]=[N-])[C@@H](CC#N)[C@H](B1O[C@@H](C2CCCCC2)[C@H](C2CCCCC2)O1)c1ccccc1. The molecule has 0 N–H and O–H groups in total. The highest BCUT2D eigenvalue weighted by Crippen LogP contribution is 2.45. The molecule has 0 unspecified atom stereocenters. The summed E-state index contributed by atoms with van der Waals surface area (Å²) in [6, 6.07) is 12.2. The Morgan fingerprint density at radius 3 is 2.00 bits per heavy atom. The minimum Gasteiger partial charge on any atom is -0.416 e. The lowest BCUT2D eigenvalue weighted by atomic mass is 9.59. The highest BCUT2D eigenvalue weighted by atomic mass is 28.4. The lowest BCUT2D eigenvalue weighted by Gasteiger charge is -2.38. The molecule has 3 fully saturated rings. The van der Waals surface area contributed by atoms with Crippen molar-refractivity contribution in [1.82, 2.24) is 0 Å². The molecule has 1 heterocycles. The summed E-state index contributed by atoms with van der Waals surface area (Å²) in [5.74, 6) is 0.488. The van der Waals surface area contributed by atoms with E-state index in [1.807, 2.05) is 18.2 Å². The Labute approximate surface area is 249 Å². The standard InChI is InChI=1S/C32H51BN4O3Si/c1-32(2,3)41(4,5)38-23-28(36-37-35)27(21-22-34)29(24-15-9-6-10-16-24)33-39-30(25-17-11-7-12-18-25)31(40-33)26-19-13-8-14-20-26/h6,9-10,15-16,25-31H,7-8,11-14,17-21,23H2,1-5H3/t27-,28-,29-,30+,31+/m1/s1. The summed E-state index contributed by atoms with van der Waals surface area (Å²) in [4.78, 5) is 3.25. The predicted octanol–water partition coefficient (Wildman–Crippen LogP) is 8.97. The first kappa shape index (κ1) is 32.1. The van der Waals surface area contributed by atoms with E-state index in [1.54, 1.807) is 0 Å². The summed E-state index contributed by atoms with van der Waals surface area (Å²) in [5.41, 5.74) is 10.7. The second kappa shape index (κ2) is 14.6. The maximum Gasteiger partial charge on any atom is 0.465 e. The summed E-state index contributed by atoms with van der Waals surface area (Å²) < 4.78 is 20.7. The van der Waals surface area contributed by atoms with E-state index >= 15 is 0 Å². The van der Waals surface area contributed by atoms with Gasteiger partial charge in [0.05, 0.1) is 24.3 Å². The molecule has 5 atom stereocenters. The molecule has 3 aliphatic rings. The summed E-state index contributed by atoms with van der Waals surface area (Å²) in [6.45, 7) is 11.3. The van der Waals surface area contributed by atoms with E-state index in [-0.39, 0.29) is 35.4 Å². The van der Waals surface area contributed by atoms with E-state index in [9.17, 15) is 10.8 Å². The topological polar surface area (TPSA) is 100 Å². The number of nitrogens with zero attached hydrogens (tertiary/aromatic N) is 4. The second-order valence-corrected chi connectivity index (χ2v) is 19.0. The molecule has 0 aromatic heterocycles. The smallest absolute Gasteiger partial charge is 0.416 e. The summed E-state index contributed by atoms with van der Waals surface area (Å²) >= 11 is 0. The van der Waals surface area contributed by atoms with Crippen LogP contribution in [0.15, 0.2) is 35.4 Å². The van der Waals surface area contributed by atoms with Crippen molar-refractivity contribution in [1.29, 1.82) is 5.26 Å². The Balaban J connectivity index is 1.68. The number of nitriles is 1. The highest BCUT2D eigenvalue weighted by molar-refractivity contribution is 6.74. The van der Waals surface area contributed by atoms with Gasteiger partial charge in [0, 0.05) is 23.8 Å². The lowest BCUT2D eigenvalue weighted by Crippen LogP contribution is -2.45. The van der Waals surface area contributed by atoms with Crippen LogP contribution in [0.3, 0.4) is 0 Å². The summed E-state index contributed by atoms with van der Waals surface area (Å²) in [5, 5.41) is 14.4. The quantitative estimate of drug-likeness (QED) is 0.113. The second-order valence-electron chi connectivity index (χ2n) is 14.2. The molecule has 1 aromatic rings. The number of azide groups is 1. The Kier molecular flexibility index (Phi) is 11.4. The van der Waals surface area contributed by atoms with Crippen molar-refractivity contribution in [3.05, 3.63) is 46.3 Å². The Hall–Kier alpha value is -1.82. The van der Waals surface area contributed by atoms with E-state index in [1.165, 1.54) is 64.2 Å². The Morgan fingerprint density at radius 1 is 1.00 bits per heavy atom. The fraction of sp³-hybridized carbons (Fsp3) is 0.781. The van der Waals surface area contributed by atoms with E-state index in [0.29, 0.717) is 18.4 Å². The first-order valence-electron chi connectivity index (χ1n) is 16.1. The third-order valence-corrected chi connectivity index (χ3v) is 15.0. The zero-order valence-corrected chi connectivity index (χ0v) is 27.0. The zero-order valence-electron chi connectivity index (χ0n) is 26.0. The zero-order chi connectivity index (χ0) is 29.5. The molecule has 2 aliphatic carbocycles. The van der Waals surface area contributed by atoms with Gasteiger partial charge in [-0.05, 0) is 72.7 Å². The average Bonchev–Trinajstić information content (AvgIpc) is 3.41. The molecule has 1 aromatic carbocycles. The van der Waals surface area contributed by atoms with Gasteiger partial charge < -0.3 is 13.7 Å². The van der Waals surface area contributed by atoms with Gasteiger partial charge in [-0.15, -0.1) is 0 Å². The molecule has 1 saturated heterocycles. The third kappa shape index (κ3) is 7.97. The molecule has 7 nitrogen and oxygen atoms in total. The average molecular weight is 579 g/mol. The molecular weight excluding hydrogens is 527 g/mol. The fourth-order valence-electron chi connectivity index (χ4n) is 7.06. The van der Waals surface area contributed by atoms with Crippen molar-refractivity contribution >= 4 is 15.4 Å². The van der Waals surface area contributed by atoms with Gasteiger partial charge in [-0.25, -0.2) is 0 Å². The van der Waals surface area contributed by atoms with Crippen LogP contribution < -0.4 is 0 Å². The van der Waals surface area contributed by atoms with Gasteiger partial charge >= 0.3 is 7.12 Å². The van der Waals surface area contributed by atoms with Crippen LogP contribution in [0.1, 0.15) is 103 Å². The van der Waals surface area contributed by atoms with E-state index in [0.717, 1.165) is 5.56 Å². The van der Waals surface area contributed by atoms with Crippen molar-refractivity contribution in [2.45, 2.75) is 134 Å². The van der Waals surface area contributed by atoms with E-state index in [4.69, 9.17) is 13.7 Å². The van der Waals surface area contributed by atoms with E-state index in [2.05, 4.69) is 62.1 Å². The summed E-state index contributed by atoms with van der Waals surface area (Å²) in [7, 11) is -2.59. The third-order valence-electron chi connectivity index (χ3n) is 10.5. The van der Waals surface area contributed by atoms with Crippen molar-refractivity contribution in [2.24, 2.45) is 22.9 Å². The molecule has 0 bridgehead atoms. The molecule has 41 heavy (non-hydrogen) atoms. The number of hydrogen-bond acceptors (Lipinski definition) is 5. The van der Waals surface area contributed by atoms with Gasteiger partial charge in [0.25, 0.3) is 0 Å². The van der Waals surface area contributed by atoms with Crippen LogP contribution in [-0.4, -0.2) is 40.3 Å². The molecule has 1 aliphatic heterocycles. The first-order chi connectivity index (χ1) is 19.7. The largest absolute Gasteiger partial charge is 0.465 e. The van der Waals surface area contributed by atoms with Crippen molar-refractivity contribution < 1.29 is 13.7 Å². The molecular formula is C32H51BN4O3Si. The normalized spacial score (nSPS) is 25.2. The number of benzene rings is 1. The molecule has 224 valence electrons. The van der Waals surface area contributed by atoms with Crippen LogP contribution in [-0.2, 0) is 13.7 Å². The molecule has 9 heteroatoms. The van der Waals surface area contributed by atoms with E-state index < -0.39 is 21.5 Å². The lowest BCUT2D eigenvalue weighted by molar-refractivity contribution is 0.0324. The molecule has 0 spiro atoms. The van der Waals surface area contributed by atoms with Crippen molar-refractivity contribution in [2.75, 3.05) is 6.61 Å². The Morgan fingerprint density at radius 2 is 1.54 bits per heavy atom. The molecule has 2 saturated carbocycles. The van der Waals surface area contributed by atoms with Gasteiger partial charge in [-0.2, -0.15) is 5.26 Å². The highest BCUT2D eigenvalue weighted by Gasteiger charge is 2.53. The maximum absolute atomic E-state index is 10.1. The molecule has 4 rings (SSSR count). The van der Waals surface area contributed by atoms with Gasteiger partial charge in [-0.1, -0.05) is 94.7 Å². The molecule has 0 amide bonds. The van der Waals surface area contributed by atoms with Gasteiger partial charge in [-0.3, -0.25) is 0 Å². The monoisotopic (exact) mass is 578 g/mol. The fourth-order valence-corrected chi connectivity index (χ4v) is 8.08. The Bertz CT molecular complexity index is 1020. The molecule has 0 radical (unpaired) electrons. The van der Waals surface area contributed by atoms with Crippen LogP contribution in [0.4, 0.5) is 0 Å². The first-order valence-corrected chi connectivity index (χ1v) is 19.0. The van der Waals surface area contributed by atoms with Crippen molar-refractivity contribution in [3.63, 3.8) is 0 Å². The number of rotatable bonds is 11. The van der Waals surface area contributed by atoms with Gasteiger partial charge in [0.15, 0.2) is 8.32 Å². The number of hydrogen-bond donors (Lipinski definition) is 0. The van der Waals surface area contributed by atoms with Gasteiger partial charge in [0.1, 0.15) is 0 Å². The maximum atomic E-state index is 10.1. The minimum absolute atomic E-state index is 0.0234. The van der Waals surface area contributed by atoms with Crippen LogP contribution in [0, 0.1) is 29.1 Å². The van der Waals surface area contributed by atoms with Crippen LogP contribution in [0.5, 0.6) is 0 Å². The minimum atomic E-state index is -2.11. The van der Waals surface area contributed by atoms with Crippen molar-refractivity contribution in [3.8, 4) is 6.07 Å². The summed E-state index contributed by atoms with van der Waals surface area (Å²) in [6.07, 6.45) is 12.8. The predicted molar refractivity (Wildman–Crippen MR) is 168 cm³/mol. The van der Waals surface area contributed by atoms with Gasteiger partial charge in [0.2, 0.25) is 0 Å².